The second-order valence-electron chi connectivity index (χ2n) is 4.84. The maximum absolute atomic E-state index is 12.0. The number of ether oxygens (including phenoxy) is 1. The van der Waals surface area contributed by atoms with Crippen LogP contribution in [0.4, 0.5) is 23.7 Å². The number of nitrogens with one attached hydrogen (secondary N) is 1. The van der Waals surface area contributed by atoms with E-state index in [4.69, 9.17) is 0 Å². The van der Waals surface area contributed by atoms with E-state index in [1.54, 1.807) is 23.9 Å². The van der Waals surface area contributed by atoms with Crippen molar-refractivity contribution in [2.75, 3.05) is 11.9 Å². The van der Waals surface area contributed by atoms with Crippen molar-refractivity contribution >= 4 is 23.5 Å². The van der Waals surface area contributed by atoms with Gasteiger partial charge in [-0.1, -0.05) is 25.0 Å². The van der Waals surface area contributed by atoms with Crippen LogP contribution in [0.1, 0.15) is 25.7 Å². The van der Waals surface area contributed by atoms with Crippen molar-refractivity contribution in [3.05, 3.63) is 24.3 Å². The third-order valence-corrected chi connectivity index (χ3v) is 4.50. The zero-order valence-corrected chi connectivity index (χ0v) is 12.1. The summed E-state index contributed by atoms with van der Waals surface area (Å²) in [5.41, 5.74) is 0.488. The number of halogens is 3. The highest BCUT2D eigenvalue weighted by Gasteiger charge is 2.29. The van der Waals surface area contributed by atoms with Crippen molar-refractivity contribution in [1.82, 2.24) is 0 Å². The van der Waals surface area contributed by atoms with Crippen molar-refractivity contribution in [3.63, 3.8) is 0 Å². The largest absolute Gasteiger partial charge is 0.440 e. The number of alkyl halides is 3. The number of anilines is 1. The lowest BCUT2D eigenvalue weighted by atomic mass is 10.3. The van der Waals surface area contributed by atoms with Crippen LogP contribution in [0, 0.1) is 0 Å². The molecule has 0 saturated heterocycles. The monoisotopic (exact) mass is 319 g/mol. The first-order valence-corrected chi connectivity index (χ1v) is 7.58. The van der Waals surface area contributed by atoms with Gasteiger partial charge in [0.15, 0.2) is 6.61 Å². The van der Waals surface area contributed by atoms with Gasteiger partial charge in [-0.15, -0.1) is 11.8 Å². The summed E-state index contributed by atoms with van der Waals surface area (Å²) in [6, 6.07) is 7.07. The van der Waals surface area contributed by atoms with Gasteiger partial charge >= 0.3 is 12.3 Å². The van der Waals surface area contributed by atoms with E-state index in [2.05, 4.69) is 10.1 Å². The average molecular weight is 319 g/mol. The van der Waals surface area contributed by atoms with Crippen LogP contribution in [0.5, 0.6) is 0 Å². The number of para-hydroxylation sites is 1. The maximum Gasteiger partial charge on any atom is 0.422 e. The van der Waals surface area contributed by atoms with E-state index in [0.29, 0.717) is 10.9 Å². The molecule has 1 aliphatic carbocycles. The summed E-state index contributed by atoms with van der Waals surface area (Å²) in [6.07, 6.45) is -0.974. The predicted octanol–water partition coefficient (Wildman–Crippen LogP) is 4.83. The van der Waals surface area contributed by atoms with E-state index in [9.17, 15) is 18.0 Å². The molecule has 21 heavy (non-hydrogen) atoms. The molecule has 0 atom stereocenters. The number of benzene rings is 1. The second kappa shape index (κ2) is 7.06. The number of amides is 1. The summed E-state index contributed by atoms with van der Waals surface area (Å²) in [5.74, 6) is 0. The minimum atomic E-state index is -4.52. The molecule has 1 N–H and O–H groups in total. The van der Waals surface area contributed by atoms with E-state index >= 15 is 0 Å². The van der Waals surface area contributed by atoms with Crippen LogP contribution in [-0.4, -0.2) is 24.1 Å². The number of thioether (sulfide) groups is 1. The van der Waals surface area contributed by atoms with Crippen molar-refractivity contribution in [2.24, 2.45) is 0 Å². The summed E-state index contributed by atoms with van der Waals surface area (Å²) in [4.78, 5) is 12.3. The summed E-state index contributed by atoms with van der Waals surface area (Å²) >= 11 is 1.65. The molecule has 1 fully saturated rings. The average Bonchev–Trinajstić information content (AvgIpc) is 2.91. The van der Waals surface area contributed by atoms with Gasteiger partial charge in [0.05, 0.1) is 5.69 Å². The van der Waals surface area contributed by atoms with Crippen LogP contribution in [0.25, 0.3) is 0 Å². The molecule has 1 aromatic rings. The van der Waals surface area contributed by atoms with Gasteiger partial charge in [-0.2, -0.15) is 13.2 Å². The first-order valence-electron chi connectivity index (χ1n) is 6.70. The normalized spacial score (nSPS) is 16.0. The van der Waals surface area contributed by atoms with E-state index in [1.807, 2.05) is 12.1 Å². The highest BCUT2D eigenvalue weighted by atomic mass is 32.2. The zero-order valence-electron chi connectivity index (χ0n) is 11.3. The van der Waals surface area contributed by atoms with Gasteiger partial charge in [0.1, 0.15) is 0 Å². The molecule has 0 aromatic heterocycles. The second-order valence-corrected chi connectivity index (χ2v) is 6.18. The predicted molar refractivity (Wildman–Crippen MR) is 75.6 cm³/mol. The highest BCUT2D eigenvalue weighted by Crippen LogP contribution is 2.38. The molecule has 0 heterocycles. The molecule has 2 rings (SSSR count). The van der Waals surface area contributed by atoms with Gasteiger partial charge < -0.3 is 4.74 Å². The van der Waals surface area contributed by atoms with Crippen LogP contribution in [0.3, 0.4) is 0 Å². The SMILES string of the molecule is O=C(Nc1ccccc1SC1CCCC1)OCC(F)(F)F. The Kier molecular flexibility index (Phi) is 5.39. The van der Waals surface area contributed by atoms with Crippen LogP contribution >= 0.6 is 11.8 Å². The summed E-state index contributed by atoms with van der Waals surface area (Å²) < 4.78 is 40.1. The lowest BCUT2D eigenvalue weighted by Gasteiger charge is -2.14. The third-order valence-electron chi connectivity index (χ3n) is 3.09. The van der Waals surface area contributed by atoms with Gasteiger partial charge in [-0.3, -0.25) is 5.32 Å². The third kappa shape index (κ3) is 5.49. The maximum atomic E-state index is 12.0. The van der Waals surface area contributed by atoms with Gasteiger partial charge in [0.2, 0.25) is 0 Å². The number of hydrogen-bond donors (Lipinski definition) is 1. The quantitative estimate of drug-likeness (QED) is 0.863. The minimum absolute atomic E-state index is 0.488. The first-order chi connectivity index (χ1) is 9.94. The first kappa shape index (κ1) is 16.0. The Bertz CT molecular complexity index is 487. The fraction of sp³-hybridized carbons (Fsp3) is 0.500. The van der Waals surface area contributed by atoms with Crippen LogP contribution in [-0.2, 0) is 4.74 Å². The Morgan fingerprint density at radius 1 is 1.29 bits per heavy atom. The zero-order chi connectivity index (χ0) is 15.3. The summed E-state index contributed by atoms with van der Waals surface area (Å²) in [7, 11) is 0. The van der Waals surface area contributed by atoms with E-state index in [0.717, 1.165) is 17.7 Å². The molecule has 0 aliphatic heterocycles. The smallest absolute Gasteiger partial charge is 0.422 e. The molecule has 1 aliphatic rings. The molecule has 0 spiro atoms. The molecule has 3 nitrogen and oxygen atoms in total. The number of carbonyl (C=O) groups is 1. The Morgan fingerprint density at radius 3 is 2.62 bits per heavy atom. The molecule has 0 unspecified atom stereocenters. The fourth-order valence-electron chi connectivity index (χ4n) is 2.15. The molecule has 1 amide bonds. The van der Waals surface area contributed by atoms with Gasteiger partial charge in [0, 0.05) is 10.1 Å². The lowest BCUT2D eigenvalue weighted by molar-refractivity contribution is -0.159. The van der Waals surface area contributed by atoms with Crippen LogP contribution in [0.2, 0.25) is 0 Å². The Balaban J connectivity index is 1.94. The topological polar surface area (TPSA) is 38.3 Å². The lowest BCUT2D eigenvalue weighted by Crippen LogP contribution is -2.23. The standard InChI is InChI=1S/C14H16F3NO2S/c15-14(16,17)9-20-13(19)18-11-7-3-4-8-12(11)21-10-5-1-2-6-10/h3-4,7-8,10H,1-2,5-6,9H2,(H,18,19). The molecular weight excluding hydrogens is 303 g/mol. The van der Waals surface area contributed by atoms with Crippen molar-refractivity contribution in [3.8, 4) is 0 Å². The Morgan fingerprint density at radius 2 is 1.95 bits per heavy atom. The molecule has 0 radical (unpaired) electrons. The molecule has 116 valence electrons. The molecule has 1 saturated carbocycles. The minimum Gasteiger partial charge on any atom is -0.440 e. The summed E-state index contributed by atoms with van der Waals surface area (Å²) in [6.45, 7) is -1.59. The number of hydrogen-bond acceptors (Lipinski definition) is 3. The number of rotatable bonds is 4. The molecule has 7 heteroatoms. The van der Waals surface area contributed by atoms with Crippen molar-refractivity contribution in [1.29, 1.82) is 0 Å². The number of carbonyl (C=O) groups excluding carboxylic acids is 1. The fourth-order valence-corrected chi connectivity index (χ4v) is 3.48. The van der Waals surface area contributed by atoms with Crippen molar-refractivity contribution in [2.45, 2.75) is 42.0 Å². The van der Waals surface area contributed by atoms with Crippen LogP contribution < -0.4 is 5.32 Å². The van der Waals surface area contributed by atoms with E-state index in [-0.39, 0.29) is 0 Å². The van der Waals surface area contributed by atoms with Gasteiger partial charge in [-0.25, -0.2) is 4.79 Å². The van der Waals surface area contributed by atoms with E-state index in [1.165, 1.54) is 12.8 Å². The molecule has 1 aromatic carbocycles. The Labute approximate surface area is 125 Å². The summed E-state index contributed by atoms with van der Waals surface area (Å²) in [5, 5.41) is 2.87. The van der Waals surface area contributed by atoms with Crippen LogP contribution in [0.15, 0.2) is 29.2 Å². The van der Waals surface area contributed by atoms with E-state index < -0.39 is 18.9 Å². The van der Waals surface area contributed by atoms with Crippen molar-refractivity contribution < 1.29 is 22.7 Å². The van der Waals surface area contributed by atoms with Gasteiger partial charge in [0.25, 0.3) is 0 Å². The Hall–Kier alpha value is -1.37. The highest BCUT2D eigenvalue weighted by molar-refractivity contribution is 8.00. The molecule has 0 bridgehead atoms. The van der Waals surface area contributed by atoms with Gasteiger partial charge in [-0.05, 0) is 25.0 Å². The molecular formula is C14H16F3NO2S.